The number of hydrogen-bond donors (Lipinski definition) is 1. The molecule has 2 aliphatic rings. The molecule has 0 radical (unpaired) electrons. The van der Waals surface area contributed by atoms with Crippen LogP contribution in [0.15, 0.2) is 4.52 Å². The van der Waals surface area contributed by atoms with Crippen molar-refractivity contribution in [3.63, 3.8) is 0 Å². The molecule has 5 heteroatoms. The van der Waals surface area contributed by atoms with Gasteiger partial charge in [0.25, 0.3) is 0 Å². The van der Waals surface area contributed by atoms with Crippen molar-refractivity contribution < 1.29 is 4.52 Å². The minimum Gasteiger partial charge on any atom is -0.339 e. The second-order valence-electron chi connectivity index (χ2n) is 6.78. The lowest BCUT2D eigenvalue weighted by Gasteiger charge is -2.34. The van der Waals surface area contributed by atoms with Gasteiger partial charge in [-0.2, -0.15) is 16.7 Å². The summed E-state index contributed by atoms with van der Waals surface area (Å²) in [7, 11) is 0. The van der Waals surface area contributed by atoms with Crippen LogP contribution in [0, 0.1) is 11.8 Å². The summed E-state index contributed by atoms with van der Waals surface area (Å²) in [5.74, 6) is 5.62. The van der Waals surface area contributed by atoms with Crippen molar-refractivity contribution in [2.45, 2.75) is 63.8 Å². The van der Waals surface area contributed by atoms with E-state index in [9.17, 15) is 0 Å². The van der Waals surface area contributed by atoms with Gasteiger partial charge in [-0.1, -0.05) is 18.5 Å². The zero-order valence-corrected chi connectivity index (χ0v) is 13.8. The van der Waals surface area contributed by atoms with Crippen molar-refractivity contribution in [2.24, 2.45) is 17.6 Å². The molecule has 0 amide bonds. The van der Waals surface area contributed by atoms with Crippen LogP contribution in [0.2, 0.25) is 0 Å². The third kappa shape index (κ3) is 3.62. The van der Waals surface area contributed by atoms with Crippen LogP contribution in [0.3, 0.4) is 0 Å². The molecule has 1 aliphatic carbocycles. The molecule has 118 valence electrons. The lowest BCUT2D eigenvalue weighted by Crippen LogP contribution is -2.41. The first-order chi connectivity index (χ1) is 10.2. The Morgan fingerprint density at radius 3 is 2.57 bits per heavy atom. The maximum atomic E-state index is 6.56. The Bertz CT molecular complexity index is 448. The van der Waals surface area contributed by atoms with Crippen LogP contribution in [0.5, 0.6) is 0 Å². The molecule has 0 aromatic carbocycles. The summed E-state index contributed by atoms with van der Waals surface area (Å²) < 4.78 is 5.49. The summed E-state index contributed by atoms with van der Waals surface area (Å²) in [4.78, 5) is 4.64. The molecule has 21 heavy (non-hydrogen) atoms. The predicted octanol–water partition coefficient (Wildman–Crippen LogP) is 3.51. The summed E-state index contributed by atoms with van der Waals surface area (Å²) in [5, 5.41) is 4.21. The number of hydrogen-bond acceptors (Lipinski definition) is 5. The maximum Gasteiger partial charge on any atom is 0.226 e. The molecule has 2 heterocycles. The van der Waals surface area contributed by atoms with E-state index in [1.165, 1.54) is 43.6 Å². The van der Waals surface area contributed by atoms with Crippen LogP contribution in [-0.2, 0) is 12.0 Å². The number of nitrogens with two attached hydrogens (primary N) is 1. The molecule has 0 unspecified atom stereocenters. The van der Waals surface area contributed by atoms with Crippen molar-refractivity contribution in [2.75, 3.05) is 11.5 Å². The van der Waals surface area contributed by atoms with E-state index in [0.29, 0.717) is 5.92 Å². The number of thioether (sulfide) groups is 1. The van der Waals surface area contributed by atoms with Crippen molar-refractivity contribution in [3.8, 4) is 0 Å². The molecule has 1 saturated carbocycles. The minimum atomic E-state index is -0.351. The van der Waals surface area contributed by atoms with Gasteiger partial charge in [0.1, 0.15) is 0 Å². The monoisotopic (exact) mass is 309 g/mol. The number of rotatable bonds is 4. The van der Waals surface area contributed by atoms with Crippen LogP contribution >= 0.6 is 11.8 Å². The maximum absolute atomic E-state index is 6.56. The average molecular weight is 309 g/mol. The average Bonchev–Trinajstić information content (AvgIpc) is 2.98. The standard InChI is InChI=1S/C16H27N3OS/c1-2-12-3-7-16(17,8-4-12)15-18-14(20-19-15)11-13-5-9-21-10-6-13/h12-13H,2-11,17H2,1H3. The van der Waals surface area contributed by atoms with Gasteiger partial charge in [0.15, 0.2) is 5.82 Å². The quantitative estimate of drug-likeness (QED) is 0.922. The molecular formula is C16H27N3OS. The normalized spacial score (nSPS) is 31.4. The van der Waals surface area contributed by atoms with Crippen molar-refractivity contribution >= 4 is 11.8 Å². The molecule has 1 aliphatic heterocycles. The van der Waals surface area contributed by atoms with E-state index in [0.717, 1.165) is 36.9 Å². The number of aromatic nitrogens is 2. The first-order valence-electron chi connectivity index (χ1n) is 8.39. The van der Waals surface area contributed by atoms with Gasteiger partial charge in [-0.05, 0) is 61.9 Å². The lowest BCUT2D eigenvalue weighted by atomic mass is 9.76. The highest BCUT2D eigenvalue weighted by Crippen LogP contribution is 2.37. The van der Waals surface area contributed by atoms with Crippen molar-refractivity contribution in [1.82, 2.24) is 10.1 Å². The van der Waals surface area contributed by atoms with Crippen molar-refractivity contribution in [3.05, 3.63) is 11.7 Å². The van der Waals surface area contributed by atoms with E-state index in [1.54, 1.807) is 0 Å². The molecule has 3 rings (SSSR count). The van der Waals surface area contributed by atoms with E-state index in [1.807, 2.05) is 0 Å². The molecule has 0 bridgehead atoms. The van der Waals surface area contributed by atoms with Gasteiger partial charge in [-0.25, -0.2) is 0 Å². The summed E-state index contributed by atoms with van der Waals surface area (Å²) in [5.41, 5.74) is 6.20. The van der Waals surface area contributed by atoms with Crippen LogP contribution < -0.4 is 5.73 Å². The summed E-state index contributed by atoms with van der Waals surface area (Å²) in [6.07, 6.45) is 9.10. The van der Waals surface area contributed by atoms with Gasteiger partial charge in [0, 0.05) is 6.42 Å². The molecule has 0 atom stereocenters. The molecule has 2 fully saturated rings. The summed E-state index contributed by atoms with van der Waals surface area (Å²) in [6, 6.07) is 0. The molecule has 1 saturated heterocycles. The van der Waals surface area contributed by atoms with Crippen molar-refractivity contribution in [1.29, 1.82) is 0 Å². The molecular weight excluding hydrogens is 282 g/mol. The second-order valence-corrected chi connectivity index (χ2v) is 8.00. The fourth-order valence-corrected chi connectivity index (χ4v) is 4.77. The Balaban J connectivity index is 1.61. The SMILES string of the molecule is CCC1CCC(N)(c2noc(CC3CCSCC3)n2)CC1. The van der Waals surface area contributed by atoms with Gasteiger partial charge in [0.2, 0.25) is 5.89 Å². The zero-order valence-electron chi connectivity index (χ0n) is 13.0. The van der Waals surface area contributed by atoms with Crippen LogP contribution in [0.25, 0.3) is 0 Å². The first-order valence-corrected chi connectivity index (χ1v) is 9.55. The Labute approximate surface area is 131 Å². The van der Waals surface area contributed by atoms with E-state index < -0.39 is 0 Å². The Kier molecular flexibility index (Phi) is 4.89. The third-order valence-electron chi connectivity index (χ3n) is 5.29. The summed E-state index contributed by atoms with van der Waals surface area (Å²) >= 11 is 2.05. The molecule has 2 N–H and O–H groups in total. The van der Waals surface area contributed by atoms with E-state index in [4.69, 9.17) is 10.3 Å². The molecule has 1 aromatic heterocycles. The number of nitrogens with zero attached hydrogens (tertiary/aromatic N) is 2. The fraction of sp³-hybridized carbons (Fsp3) is 0.875. The summed E-state index contributed by atoms with van der Waals surface area (Å²) in [6.45, 7) is 2.27. The Morgan fingerprint density at radius 1 is 1.19 bits per heavy atom. The van der Waals surface area contributed by atoms with Crippen LogP contribution in [0.4, 0.5) is 0 Å². The van der Waals surface area contributed by atoms with Gasteiger partial charge < -0.3 is 10.3 Å². The molecule has 4 nitrogen and oxygen atoms in total. The smallest absolute Gasteiger partial charge is 0.226 e. The largest absolute Gasteiger partial charge is 0.339 e. The van der Waals surface area contributed by atoms with E-state index in [-0.39, 0.29) is 5.54 Å². The highest BCUT2D eigenvalue weighted by atomic mass is 32.2. The van der Waals surface area contributed by atoms with Gasteiger partial charge in [0.05, 0.1) is 5.54 Å². The Morgan fingerprint density at radius 2 is 1.90 bits per heavy atom. The predicted molar refractivity (Wildman–Crippen MR) is 86.2 cm³/mol. The minimum absolute atomic E-state index is 0.351. The fourth-order valence-electron chi connectivity index (χ4n) is 3.56. The topological polar surface area (TPSA) is 64.9 Å². The Hall–Kier alpha value is -0.550. The third-order valence-corrected chi connectivity index (χ3v) is 6.34. The van der Waals surface area contributed by atoms with Gasteiger partial charge in [-0.15, -0.1) is 0 Å². The van der Waals surface area contributed by atoms with Gasteiger partial charge in [-0.3, -0.25) is 0 Å². The van der Waals surface area contributed by atoms with E-state index >= 15 is 0 Å². The molecule has 1 aromatic rings. The zero-order chi connectivity index (χ0) is 14.7. The first kappa shape index (κ1) is 15.3. The van der Waals surface area contributed by atoms with Crippen LogP contribution in [-0.4, -0.2) is 21.6 Å². The van der Waals surface area contributed by atoms with E-state index in [2.05, 4.69) is 28.8 Å². The lowest BCUT2D eigenvalue weighted by molar-refractivity contribution is 0.216. The highest BCUT2D eigenvalue weighted by Gasteiger charge is 2.37. The highest BCUT2D eigenvalue weighted by molar-refractivity contribution is 7.99. The molecule has 0 spiro atoms. The second kappa shape index (κ2) is 6.69. The van der Waals surface area contributed by atoms with Gasteiger partial charge >= 0.3 is 0 Å². The van der Waals surface area contributed by atoms with Crippen LogP contribution in [0.1, 0.15) is 63.6 Å².